The molecule has 0 aromatic heterocycles. The van der Waals surface area contributed by atoms with Crippen LogP contribution in [0.1, 0.15) is 96.3 Å². The summed E-state index contributed by atoms with van der Waals surface area (Å²) < 4.78 is 0. The van der Waals surface area contributed by atoms with Gasteiger partial charge < -0.3 is 10.6 Å². The summed E-state index contributed by atoms with van der Waals surface area (Å²) in [6.45, 7) is 10.1. The summed E-state index contributed by atoms with van der Waals surface area (Å²) in [5.41, 5.74) is 2.70. The second-order valence-corrected chi connectivity index (χ2v) is 17.1. The van der Waals surface area contributed by atoms with E-state index >= 15 is 0 Å². The normalized spacial score (nSPS) is 15.6. The second-order valence-electron chi connectivity index (χ2n) is 16.1. The van der Waals surface area contributed by atoms with Gasteiger partial charge in [-0.25, -0.2) is 0 Å². The number of ketones is 2. The minimum absolute atomic E-state index is 0.0537. The zero-order valence-corrected chi connectivity index (χ0v) is 33.6. The molecule has 2 amide bonds. The minimum Gasteiger partial charge on any atom is -0.346 e. The number of hydrogen-bond acceptors (Lipinski definition) is 5. The average molecular weight is 757 g/mol. The van der Waals surface area contributed by atoms with Crippen LogP contribution in [0.25, 0.3) is 0 Å². The molecule has 0 saturated heterocycles. The van der Waals surface area contributed by atoms with Crippen molar-refractivity contribution >= 4 is 52.1 Å². The number of amides is 2. The lowest BCUT2D eigenvalue weighted by molar-refractivity contribution is -0.135. The van der Waals surface area contributed by atoms with Gasteiger partial charge in [0.15, 0.2) is 11.6 Å². The molecule has 3 aromatic rings. The van der Waals surface area contributed by atoms with Gasteiger partial charge in [0.1, 0.15) is 0 Å². The van der Waals surface area contributed by atoms with E-state index in [1.807, 2.05) is 120 Å². The van der Waals surface area contributed by atoms with Gasteiger partial charge in [-0.2, -0.15) is 0 Å². The zero-order valence-electron chi connectivity index (χ0n) is 32.0. The number of rotatable bonds is 22. The quantitative estimate of drug-likeness (QED) is 0.0999. The van der Waals surface area contributed by atoms with Gasteiger partial charge in [0.2, 0.25) is 11.8 Å². The van der Waals surface area contributed by atoms with Crippen LogP contribution in [0.4, 0.5) is 0 Å². The van der Waals surface area contributed by atoms with E-state index < -0.39 is 29.3 Å². The highest BCUT2D eigenvalue weighted by Crippen LogP contribution is 2.47. The van der Waals surface area contributed by atoms with Crippen LogP contribution >= 0.6 is 23.8 Å². The summed E-state index contributed by atoms with van der Waals surface area (Å²) in [6.07, 6.45) is 5.16. The molecule has 0 unspecified atom stereocenters. The summed E-state index contributed by atoms with van der Waals surface area (Å²) in [5.74, 6) is -1.43. The van der Waals surface area contributed by atoms with Crippen molar-refractivity contribution < 1.29 is 19.2 Å². The van der Waals surface area contributed by atoms with E-state index in [1.54, 1.807) is 0 Å². The maximum Gasteiger partial charge on any atom is 0.224 e. The number of Topliss-reactive ketones (excluding diaryl/α,β-unsaturated/α-hetero) is 2. The van der Waals surface area contributed by atoms with Crippen LogP contribution in [0.2, 0.25) is 5.02 Å². The van der Waals surface area contributed by atoms with E-state index in [0.29, 0.717) is 50.0 Å². The van der Waals surface area contributed by atoms with Crippen molar-refractivity contribution in [2.75, 3.05) is 0 Å². The Bertz CT molecular complexity index is 1670. The molecule has 284 valence electrons. The van der Waals surface area contributed by atoms with Crippen LogP contribution in [0.15, 0.2) is 84.9 Å². The maximum absolute atomic E-state index is 14.3. The summed E-state index contributed by atoms with van der Waals surface area (Å²) in [6, 6.07) is 25.9. The van der Waals surface area contributed by atoms with E-state index in [4.69, 9.17) is 23.8 Å². The molecule has 1 saturated carbocycles. The summed E-state index contributed by atoms with van der Waals surface area (Å²) >= 11 is 11.9. The van der Waals surface area contributed by atoms with Crippen molar-refractivity contribution in [3.63, 3.8) is 0 Å². The van der Waals surface area contributed by atoms with Crippen molar-refractivity contribution in [2.45, 2.75) is 111 Å². The molecule has 2 N–H and O–H groups in total. The van der Waals surface area contributed by atoms with Gasteiger partial charge in [-0.05, 0) is 96.9 Å². The molecule has 0 heterocycles. The molecule has 0 aliphatic heterocycles. The van der Waals surface area contributed by atoms with Crippen LogP contribution in [0.3, 0.4) is 0 Å². The number of carbonyl (C=O) groups is 4. The zero-order chi connectivity index (χ0) is 38.5. The third kappa shape index (κ3) is 13.9. The summed E-state index contributed by atoms with van der Waals surface area (Å²) in [4.78, 5) is 56.8. The molecule has 4 rings (SSSR count). The van der Waals surface area contributed by atoms with E-state index in [-0.39, 0.29) is 41.6 Å². The highest BCUT2D eigenvalue weighted by Gasteiger charge is 2.48. The largest absolute Gasteiger partial charge is 0.346 e. The van der Waals surface area contributed by atoms with Gasteiger partial charge in [0.05, 0.1) is 12.1 Å². The molecular formula is C45H57ClN2O4S. The maximum atomic E-state index is 14.3. The van der Waals surface area contributed by atoms with Crippen molar-refractivity contribution in [1.29, 1.82) is 0 Å². The third-order valence-electron chi connectivity index (χ3n) is 10.3. The van der Waals surface area contributed by atoms with Crippen LogP contribution in [0.5, 0.6) is 0 Å². The molecule has 6 nitrogen and oxygen atoms in total. The number of benzene rings is 3. The first kappa shape index (κ1) is 42.1. The van der Waals surface area contributed by atoms with Gasteiger partial charge >= 0.3 is 0 Å². The molecule has 0 radical (unpaired) electrons. The molecule has 1 aliphatic rings. The van der Waals surface area contributed by atoms with Crippen LogP contribution in [0, 0.1) is 29.1 Å². The van der Waals surface area contributed by atoms with Crippen molar-refractivity contribution in [2.24, 2.45) is 29.1 Å². The lowest BCUT2D eigenvalue weighted by Crippen LogP contribution is -2.49. The van der Waals surface area contributed by atoms with Gasteiger partial charge in [0, 0.05) is 35.1 Å². The van der Waals surface area contributed by atoms with Crippen LogP contribution in [-0.4, -0.2) is 40.3 Å². The Morgan fingerprint density at radius 3 is 1.79 bits per heavy atom. The topological polar surface area (TPSA) is 92.3 Å². The number of halogens is 1. The monoisotopic (exact) mass is 756 g/mol. The molecule has 0 spiro atoms. The first-order valence-corrected chi connectivity index (χ1v) is 20.0. The van der Waals surface area contributed by atoms with E-state index in [1.165, 1.54) is 0 Å². The molecule has 1 aliphatic carbocycles. The molecule has 0 bridgehead atoms. The highest BCUT2D eigenvalue weighted by molar-refractivity contribution is 7.80. The first-order valence-electron chi connectivity index (χ1n) is 19.2. The number of hydrogen-bond donors (Lipinski definition) is 2. The molecular weight excluding hydrogens is 700 g/mol. The van der Waals surface area contributed by atoms with Crippen molar-refractivity contribution in [1.82, 2.24) is 10.6 Å². The van der Waals surface area contributed by atoms with Crippen molar-refractivity contribution in [3.8, 4) is 0 Å². The Balaban J connectivity index is 1.53. The Labute approximate surface area is 327 Å². The SMILES string of the molecule is CC(C)C[C@H](NC(=O)[C@H](CCc1ccccc1)CC(=S)Cc1ccc(Cl)cc1)C(=O)C[C@@H](Cc1ccccc1)C(=O)N[C@@H](CC(C)C)C(=O)C1(C)CC1. The van der Waals surface area contributed by atoms with Crippen LogP contribution in [-0.2, 0) is 38.4 Å². The number of thiocarbonyl (C=S) groups is 1. The predicted molar refractivity (Wildman–Crippen MR) is 219 cm³/mol. The lowest BCUT2D eigenvalue weighted by atomic mass is 9.87. The third-order valence-corrected chi connectivity index (χ3v) is 10.8. The fourth-order valence-corrected chi connectivity index (χ4v) is 7.40. The van der Waals surface area contributed by atoms with E-state index in [0.717, 1.165) is 34.4 Å². The Morgan fingerprint density at radius 1 is 0.698 bits per heavy atom. The lowest BCUT2D eigenvalue weighted by Gasteiger charge is -2.27. The average Bonchev–Trinajstić information content (AvgIpc) is 3.88. The molecule has 8 heteroatoms. The number of aryl methyl sites for hydroxylation is 1. The van der Waals surface area contributed by atoms with Gasteiger partial charge in [-0.15, -0.1) is 0 Å². The summed E-state index contributed by atoms with van der Waals surface area (Å²) in [5, 5.41) is 6.87. The van der Waals surface area contributed by atoms with Crippen LogP contribution < -0.4 is 10.6 Å². The number of nitrogens with one attached hydrogen (secondary N) is 2. The fourth-order valence-electron chi connectivity index (χ4n) is 6.91. The fraction of sp³-hybridized carbons (Fsp3) is 0.489. The van der Waals surface area contributed by atoms with Crippen molar-refractivity contribution in [3.05, 3.63) is 107 Å². The van der Waals surface area contributed by atoms with E-state index in [9.17, 15) is 19.2 Å². The smallest absolute Gasteiger partial charge is 0.224 e. The first-order chi connectivity index (χ1) is 25.2. The van der Waals surface area contributed by atoms with Gasteiger partial charge in [-0.3, -0.25) is 19.2 Å². The molecule has 53 heavy (non-hydrogen) atoms. The standard InChI is InChI=1S/C45H57ClN2O4S/c1-30(2)24-39(47-43(51)35(19-16-32-12-8-6-9-13-32)28-38(53)27-34-17-20-37(46)21-18-34)41(49)29-36(26-33-14-10-7-11-15-33)44(52)48-40(25-31(3)4)42(50)45(5)22-23-45/h6-15,17-18,20-21,30-31,35-36,39-40H,16,19,22-29H2,1-5H3,(H,47,51)(H,48,52)/t35-,36-,39+,40+/m1/s1. The second kappa shape index (κ2) is 20.1. The van der Waals surface area contributed by atoms with Gasteiger partial charge in [-0.1, -0.05) is 131 Å². The molecule has 1 fully saturated rings. The summed E-state index contributed by atoms with van der Waals surface area (Å²) in [7, 11) is 0. The van der Waals surface area contributed by atoms with Gasteiger partial charge in [0.25, 0.3) is 0 Å². The Kier molecular flexibility index (Phi) is 16.0. The Morgan fingerprint density at radius 2 is 1.23 bits per heavy atom. The Hall–Kier alpha value is -3.68. The highest BCUT2D eigenvalue weighted by atomic mass is 35.5. The minimum atomic E-state index is -0.767. The molecule has 4 atom stereocenters. The molecule has 3 aromatic carbocycles. The van der Waals surface area contributed by atoms with E-state index in [2.05, 4.69) is 10.6 Å². The predicted octanol–water partition coefficient (Wildman–Crippen LogP) is 9.14. The number of carbonyl (C=O) groups excluding carboxylic acids is 4.